The molecular formula is C19H20N2O2. The van der Waals surface area contributed by atoms with Gasteiger partial charge in [0.15, 0.2) is 0 Å². The summed E-state index contributed by atoms with van der Waals surface area (Å²) in [5.41, 5.74) is 5.21. The van der Waals surface area contributed by atoms with Crippen molar-refractivity contribution >= 4 is 17.5 Å². The van der Waals surface area contributed by atoms with E-state index in [0.717, 1.165) is 22.4 Å². The van der Waals surface area contributed by atoms with Gasteiger partial charge in [0.1, 0.15) is 0 Å². The van der Waals surface area contributed by atoms with Gasteiger partial charge in [0.05, 0.1) is 12.8 Å². The van der Waals surface area contributed by atoms with Crippen molar-refractivity contribution in [1.29, 1.82) is 0 Å². The molecule has 0 aliphatic carbocycles. The van der Waals surface area contributed by atoms with E-state index in [0.29, 0.717) is 19.4 Å². The zero-order valence-electron chi connectivity index (χ0n) is 13.4. The zero-order chi connectivity index (χ0) is 16.4. The van der Waals surface area contributed by atoms with Crippen molar-refractivity contribution in [3.63, 3.8) is 0 Å². The van der Waals surface area contributed by atoms with Crippen molar-refractivity contribution in [2.24, 2.45) is 0 Å². The molecule has 4 nitrogen and oxygen atoms in total. The van der Waals surface area contributed by atoms with Crippen molar-refractivity contribution in [3.8, 4) is 0 Å². The fourth-order valence-corrected chi connectivity index (χ4v) is 2.79. The van der Waals surface area contributed by atoms with Crippen LogP contribution < -0.4 is 10.2 Å². The molecule has 0 fully saturated rings. The monoisotopic (exact) mass is 308 g/mol. The van der Waals surface area contributed by atoms with E-state index in [1.54, 1.807) is 11.9 Å². The first kappa shape index (κ1) is 15.3. The highest BCUT2D eigenvalue weighted by atomic mass is 16.2. The summed E-state index contributed by atoms with van der Waals surface area (Å²) in [5, 5.41) is 2.94. The Kier molecular flexibility index (Phi) is 4.15. The molecule has 2 aromatic carbocycles. The highest BCUT2D eigenvalue weighted by Gasteiger charge is 2.23. The number of amides is 2. The predicted octanol–water partition coefficient (Wildman–Crippen LogP) is 2.37. The predicted molar refractivity (Wildman–Crippen MR) is 90.3 cm³/mol. The first-order chi connectivity index (χ1) is 11.0. The minimum atomic E-state index is 0.00236. The maximum atomic E-state index is 12.0. The van der Waals surface area contributed by atoms with Gasteiger partial charge in [-0.1, -0.05) is 42.0 Å². The number of benzene rings is 2. The van der Waals surface area contributed by atoms with Gasteiger partial charge in [-0.25, -0.2) is 0 Å². The number of aryl methyl sites for hydroxylation is 1. The number of nitrogens with one attached hydrogen (secondary N) is 1. The van der Waals surface area contributed by atoms with Crippen molar-refractivity contribution in [3.05, 3.63) is 64.7 Å². The van der Waals surface area contributed by atoms with Crippen molar-refractivity contribution in [1.82, 2.24) is 5.32 Å². The Morgan fingerprint density at radius 3 is 2.57 bits per heavy atom. The van der Waals surface area contributed by atoms with E-state index in [9.17, 15) is 9.59 Å². The van der Waals surface area contributed by atoms with Crippen LogP contribution >= 0.6 is 0 Å². The van der Waals surface area contributed by atoms with E-state index in [1.165, 1.54) is 5.56 Å². The summed E-state index contributed by atoms with van der Waals surface area (Å²) in [6.07, 6.45) is 0.823. The van der Waals surface area contributed by atoms with Gasteiger partial charge in [-0.05, 0) is 29.7 Å². The molecule has 0 bridgehead atoms. The maximum Gasteiger partial charge on any atom is 0.231 e. The lowest BCUT2D eigenvalue weighted by Crippen LogP contribution is -2.24. The first-order valence-electron chi connectivity index (χ1n) is 7.73. The number of carbonyl (C=O) groups is 2. The van der Waals surface area contributed by atoms with Gasteiger partial charge < -0.3 is 10.2 Å². The van der Waals surface area contributed by atoms with Crippen LogP contribution in [0.2, 0.25) is 0 Å². The first-order valence-corrected chi connectivity index (χ1v) is 7.73. The number of hydrogen-bond donors (Lipinski definition) is 1. The largest absolute Gasteiger partial charge is 0.352 e. The normalized spacial score (nSPS) is 13.1. The average Bonchev–Trinajstić information content (AvgIpc) is 2.82. The Balaban J connectivity index is 1.58. The highest BCUT2D eigenvalue weighted by Crippen LogP contribution is 2.28. The summed E-state index contributed by atoms with van der Waals surface area (Å²) in [6, 6.07) is 13.9. The third-order valence-corrected chi connectivity index (χ3v) is 4.20. The van der Waals surface area contributed by atoms with Crippen LogP contribution in [0, 0.1) is 6.92 Å². The second kappa shape index (κ2) is 6.24. The third kappa shape index (κ3) is 3.42. The van der Waals surface area contributed by atoms with Crippen LogP contribution in [0.1, 0.15) is 22.3 Å². The van der Waals surface area contributed by atoms with Gasteiger partial charge >= 0.3 is 0 Å². The van der Waals surface area contributed by atoms with E-state index >= 15 is 0 Å². The molecule has 4 heteroatoms. The minimum absolute atomic E-state index is 0.00236. The van der Waals surface area contributed by atoms with Crippen LogP contribution in [0.5, 0.6) is 0 Å². The number of hydrogen-bond acceptors (Lipinski definition) is 2. The molecule has 2 amide bonds. The van der Waals surface area contributed by atoms with Crippen LogP contribution in [-0.4, -0.2) is 18.9 Å². The third-order valence-electron chi connectivity index (χ3n) is 4.20. The van der Waals surface area contributed by atoms with Crippen LogP contribution in [0.3, 0.4) is 0 Å². The van der Waals surface area contributed by atoms with Crippen molar-refractivity contribution in [2.45, 2.75) is 26.3 Å². The summed E-state index contributed by atoms with van der Waals surface area (Å²) in [5.74, 6) is 0.114. The maximum absolute atomic E-state index is 12.0. The lowest BCUT2D eigenvalue weighted by atomic mass is 10.1. The quantitative estimate of drug-likeness (QED) is 0.943. The standard InChI is InChI=1S/C19H20N2O2/c1-13-3-5-14(6-4-13)10-18(22)20-12-15-7-8-17-16(9-15)11-19(23)21(17)2/h3-9H,10-12H2,1-2H3,(H,20,22). The molecule has 23 heavy (non-hydrogen) atoms. The van der Waals surface area contributed by atoms with Gasteiger partial charge in [0.25, 0.3) is 0 Å². The number of likely N-dealkylation sites (N-methyl/N-ethyl adjacent to an activating group) is 1. The highest BCUT2D eigenvalue weighted by molar-refractivity contribution is 6.00. The van der Waals surface area contributed by atoms with Gasteiger partial charge in [-0.15, -0.1) is 0 Å². The molecule has 1 N–H and O–H groups in total. The van der Waals surface area contributed by atoms with E-state index in [-0.39, 0.29) is 11.8 Å². The second-order valence-electron chi connectivity index (χ2n) is 6.03. The van der Waals surface area contributed by atoms with E-state index in [2.05, 4.69) is 5.32 Å². The van der Waals surface area contributed by atoms with Crippen LogP contribution in [0.15, 0.2) is 42.5 Å². The summed E-state index contributed by atoms with van der Waals surface area (Å²) >= 11 is 0. The molecule has 1 aliphatic rings. The van der Waals surface area contributed by atoms with Gasteiger partial charge in [-0.2, -0.15) is 0 Å². The Bertz CT molecular complexity index is 750. The Labute approximate surface area is 136 Å². The van der Waals surface area contributed by atoms with Crippen LogP contribution in [0.25, 0.3) is 0 Å². The molecule has 1 aliphatic heterocycles. The lowest BCUT2D eigenvalue weighted by molar-refractivity contribution is -0.120. The molecule has 1 heterocycles. The van der Waals surface area contributed by atoms with Crippen LogP contribution in [-0.2, 0) is 29.0 Å². The van der Waals surface area contributed by atoms with Crippen molar-refractivity contribution < 1.29 is 9.59 Å². The topological polar surface area (TPSA) is 49.4 Å². The number of nitrogens with zero attached hydrogens (tertiary/aromatic N) is 1. The van der Waals surface area contributed by atoms with Gasteiger partial charge in [0.2, 0.25) is 11.8 Å². The van der Waals surface area contributed by atoms with Crippen molar-refractivity contribution in [2.75, 3.05) is 11.9 Å². The second-order valence-corrected chi connectivity index (χ2v) is 6.03. The minimum Gasteiger partial charge on any atom is -0.352 e. The number of carbonyl (C=O) groups excluding carboxylic acids is 2. The fraction of sp³-hybridized carbons (Fsp3) is 0.263. The molecule has 0 spiro atoms. The summed E-state index contributed by atoms with van der Waals surface area (Å²) < 4.78 is 0. The Morgan fingerprint density at radius 2 is 1.83 bits per heavy atom. The molecule has 2 aromatic rings. The molecule has 0 atom stereocenters. The molecule has 0 radical (unpaired) electrons. The van der Waals surface area contributed by atoms with Crippen LogP contribution in [0.4, 0.5) is 5.69 Å². The molecule has 0 saturated carbocycles. The van der Waals surface area contributed by atoms with E-state index in [4.69, 9.17) is 0 Å². The molecule has 118 valence electrons. The Hall–Kier alpha value is -2.62. The molecule has 0 unspecified atom stereocenters. The smallest absolute Gasteiger partial charge is 0.231 e. The summed E-state index contributed by atoms with van der Waals surface area (Å²) in [7, 11) is 1.79. The molecule has 0 aromatic heterocycles. The summed E-state index contributed by atoms with van der Waals surface area (Å²) in [6.45, 7) is 2.51. The number of anilines is 1. The molecule has 3 rings (SSSR count). The zero-order valence-corrected chi connectivity index (χ0v) is 13.4. The van der Waals surface area contributed by atoms with Gasteiger partial charge in [-0.3, -0.25) is 9.59 Å². The van der Waals surface area contributed by atoms with E-state index in [1.807, 2.05) is 49.4 Å². The lowest BCUT2D eigenvalue weighted by Gasteiger charge is -2.11. The number of rotatable bonds is 4. The molecular weight excluding hydrogens is 288 g/mol. The average molecular weight is 308 g/mol. The Morgan fingerprint density at radius 1 is 1.13 bits per heavy atom. The van der Waals surface area contributed by atoms with E-state index < -0.39 is 0 Å². The summed E-state index contributed by atoms with van der Waals surface area (Å²) in [4.78, 5) is 25.4. The number of fused-ring (bicyclic) bond motifs is 1. The van der Waals surface area contributed by atoms with Gasteiger partial charge in [0, 0.05) is 19.3 Å². The fourth-order valence-electron chi connectivity index (χ4n) is 2.79. The molecule has 0 saturated heterocycles. The SMILES string of the molecule is Cc1ccc(CC(=O)NCc2ccc3c(c2)CC(=O)N3C)cc1.